The van der Waals surface area contributed by atoms with E-state index in [9.17, 15) is 9.59 Å². The van der Waals surface area contributed by atoms with Gasteiger partial charge in [-0.3, -0.25) is 0 Å². The highest BCUT2D eigenvalue weighted by atomic mass is 16.5. The zero-order valence-corrected chi connectivity index (χ0v) is 40.9. The Kier molecular flexibility index (Phi) is 16.5. The molecule has 0 bridgehead atoms. The van der Waals surface area contributed by atoms with E-state index >= 15 is 0 Å². The second-order valence-electron chi connectivity index (χ2n) is 17.9. The molecule has 66 heavy (non-hydrogen) atoms. The van der Waals surface area contributed by atoms with Gasteiger partial charge < -0.3 is 51.6 Å². The van der Waals surface area contributed by atoms with Gasteiger partial charge in [-0.2, -0.15) is 0 Å². The van der Waals surface area contributed by atoms with Crippen LogP contribution in [0, 0.1) is 13.8 Å². The molecule has 4 aromatic rings. The second-order valence-corrected chi connectivity index (χ2v) is 17.9. The molecule has 0 saturated carbocycles. The monoisotopic (exact) mass is 910 g/mol. The number of methoxy groups -OCH3 is 7. The van der Waals surface area contributed by atoms with Gasteiger partial charge in [0.2, 0.25) is 0 Å². The Hall–Kier alpha value is -5.92. The third kappa shape index (κ3) is 11.0. The van der Waals surface area contributed by atoms with E-state index in [4.69, 9.17) is 42.6 Å². The summed E-state index contributed by atoms with van der Waals surface area (Å²) in [6, 6.07) is 19.0. The Bertz CT molecular complexity index is 2380. The molecule has 0 aromatic heterocycles. The standard InChI is InChI=1S/C53H70N2O11/c1-35-28-37(14-16-44(35)58-5)31-43-51-40(29-36(2)52(63-10)53(51)64-11)21-25-55(43,4)23-13-27-66-50(57)19-18-49(56)65-26-12-22-54(3)24-20-39-33-47(61-8)48(62-9)34-41(39)42(54)30-38-15-17-45(59-6)46(32-38)60-7/h14-19,28-29,32-34,42-43H,12-13,20-27,30-31H2,1-11H3/q+2/b19-18+. The average Bonchev–Trinajstić information content (AvgIpc) is 3.32. The molecule has 0 radical (unpaired) electrons. The molecule has 0 amide bonds. The van der Waals surface area contributed by atoms with Gasteiger partial charge in [0.05, 0.1) is 109 Å². The summed E-state index contributed by atoms with van der Waals surface area (Å²) in [5, 5.41) is 0. The van der Waals surface area contributed by atoms with Gasteiger partial charge in [-0.15, -0.1) is 0 Å². The molecular weight excluding hydrogens is 841 g/mol. The number of rotatable bonds is 21. The molecule has 4 aromatic carbocycles. The van der Waals surface area contributed by atoms with Gasteiger partial charge in [-0.05, 0) is 77.6 Å². The molecule has 2 aliphatic rings. The zero-order chi connectivity index (χ0) is 47.6. The van der Waals surface area contributed by atoms with Crippen LogP contribution in [0.2, 0.25) is 0 Å². The molecule has 4 atom stereocenters. The number of benzene rings is 4. The van der Waals surface area contributed by atoms with E-state index < -0.39 is 11.9 Å². The smallest absolute Gasteiger partial charge is 0.331 e. The fourth-order valence-corrected chi connectivity index (χ4v) is 10.2. The number of aryl methyl sites for hydroxylation is 2. The van der Waals surface area contributed by atoms with Crippen LogP contribution < -0.4 is 33.2 Å². The van der Waals surface area contributed by atoms with E-state index in [2.05, 4.69) is 64.3 Å². The maximum atomic E-state index is 12.8. The molecule has 13 heteroatoms. The minimum absolute atomic E-state index is 0.0581. The van der Waals surface area contributed by atoms with Crippen molar-refractivity contribution in [1.29, 1.82) is 0 Å². The number of ether oxygens (including phenoxy) is 9. The molecule has 0 saturated heterocycles. The van der Waals surface area contributed by atoms with Crippen molar-refractivity contribution in [2.24, 2.45) is 0 Å². The number of carbonyl (C=O) groups excluding carboxylic acids is 2. The normalized spacial score (nSPS) is 19.9. The van der Waals surface area contributed by atoms with E-state index in [1.54, 1.807) is 49.8 Å². The predicted molar refractivity (Wildman–Crippen MR) is 254 cm³/mol. The van der Waals surface area contributed by atoms with Gasteiger partial charge in [0.1, 0.15) is 17.8 Å². The van der Waals surface area contributed by atoms with Gasteiger partial charge in [-0.1, -0.05) is 24.3 Å². The van der Waals surface area contributed by atoms with Crippen LogP contribution in [0.3, 0.4) is 0 Å². The summed E-state index contributed by atoms with van der Waals surface area (Å²) in [5.74, 6) is 3.98. The number of hydrogen-bond donors (Lipinski definition) is 0. The number of carbonyl (C=O) groups is 2. The van der Waals surface area contributed by atoms with E-state index in [-0.39, 0.29) is 25.3 Å². The van der Waals surface area contributed by atoms with E-state index in [1.807, 2.05) is 18.2 Å². The van der Waals surface area contributed by atoms with Crippen LogP contribution in [-0.4, -0.2) is 124 Å². The van der Waals surface area contributed by atoms with Crippen LogP contribution in [0.5, 0.6) is 40.2 Å². The number of likely N-dealkylation sites (N-methyl/N-ethyl adjacent to an activating group) is 2. The van der Waals surface area contributed by atoms with Crippen molar-refractivity contribution < 1.29 is 61.2 Å². The minimum atomic E-state index is -0.585. The Morgan fingerprint density at radius 3 is 1.61 bits per heavy atom. The summed E-state index contributed by atoms with van der Waals surface area (Å²) >= 11 is 0. The fraction of sp³-hybridized carbons (Fsp3) is 0.472. The molecule has 0 aliphatic carbocycles. The summed E-state index contributed by atoms with van der Waals surface area (Å²) in [5.41, 5.74) is 9.30. The molecule has 356 valence electrons. The summed E-state index contributed by atoms with van der Waals surface area (Å²) in [6.45, 7) is 7.86. The predicted octanol–water partition coefficient (Wildman–Crippen LogP) is 8.06. The highest BCUT2D eigenvalue weighted by Crippen LogP contribution is 2.48. The molecular formula is C53H70N2O11+2. The van der Waals surface area contributed by atoms with Crippen molar-refractivity contribution in [2.75, 3.05) is 103 Å². The minimum Gasteiger partial charge on any atom is -0.496 e. The van der Waals surface area contributed by atoms with E-state index in [0.29, 0.717) is 35.8 Å². The zero-order valence-electron chi connectivity index (χ0n) is 40.9. The van der Waals surface area contributed by atoms with Gasteiger partial charge >= 0.3 is 11.9 Å². The maximum Gasteiger partial charge on any atom is 0.331 e. The first kappa shape index (κ1) is 49.5. The lowest BCUT2D eigenvalue weighted by Gasteiger charge is -2.46. The highest BCUT2D eigenvalue weighted by molar-refractivity contribution is 5.91. The second kappa shape index (κ2) is 22.0. The fourth-order valence-electron chi connectivity index (χ4n) is 10.2. The van der Waals surface area contributed by atoms with Crippen molar-refractivity contribution in [3.05, 3.63) is 111 Å². The first-order valence-corrected chi connectivity index (χ1v) is 22.8. The summed E-state index contributed by atoms with van der Waals surface area (Å²) in [4.78, 5) is 25.7. The molecule has 2 heterocycles. The topological polar surface area (TPSA) is 117 Å². The van der Waals surface area contributed by atoms with Crippen LogP contribution in [0.4, 0.5) is 0 Å². The third-order valence-electron chi connectivity index (χ3n) is 13.8. The number of quaternary nitrogens is 2. The average molecular weight is 911 g/mol. The Morgan fingerprint density at radius 2 is 1.05 bits per heavy atom. The van der Waals surface area contributed by atoms with Crippen molar-refractivity contribution in [3.8, 4) is 40.2 Å². The van der Waals surface area contributed by atoms with Crippen LogP contribution in [-0.2, 0) is 44.7 Å². The van der Waals surface area contributed by atoms with Gasteiger partial charge in [0.25, 0.3) is 0 Å². The van der Waals surface area contributed by atoms with E-state index in [0.717, 1.165) is 112 Å². The molecule has 0 spiro atoms. The molecule has 13 nitrogen and oxygen atoms in total. The van der Waals surface area contributed by atoms with Gasteiger partial charge in [-0.25, -0.2) is 9.59 Å². The number of esters is 2. The summed E-state index contributed by atoms with van der Waals surface area (Å²) in [7, 11) is 16.2. The first-order chi connectivity index (χ1) is 31.7. The Balaban J connectivity index is 1.05. The van der Waals surface area contributed by atoms with Crippen LogP contribution in [0.25, 0.3) is 0 Å². The largest absolute Gasteiger partial charge is 0.496 e. The number of fused-ring (bicyclic) bond motifs is 2. The van der Waals surface area contributed by atoms with Gasteiger partial charge in [0, 0.05) is 56.2 Å². The van der Waals surface area contributed by atoms with Crippen LogP contribution in [0.1, 0.15) is 69.4 Å². The van der Waals surface area contributed by atoms with Gasteiger partial charge in [0.15, 0.2) is 34.5 Å². The lowest BCUT2D eigenvalue weighted by Crippen LogP contribution is -2.53. The van der Waals surface area contributed by atoms with E-state index in [1.165, 1.54) is 22.3 Å². The number of nitrogens with zero attached hydrogens (tertiary/aromatic N) is 2. The SMILES string of the molecule is COc1ccc(CC2c3c(cc(C)c(OC)c3OC)CC[N+]2(C)CCCOC(=O)/C=C/C(=O)OCCC[N+]2(C)CCc3cc(OC)c(OC)cc3C2Cc2ccc(OC)c(OC)c2)cc1C. The Morgan fingerprint density at radius 1 is 0.545 bits per heavy atom. The van der Waals surface area contributed by atoms with Crippen LogP contribution in [0.15, 0.2) is 66.7 Å². The highest BCUT2D eigenvalue weighted by Gasteiger charge is 2.43. The maximum absolute atomic E-state index is 12.8. The van der Waals surface area contributed by atoms with Crippen molar-refractivity contribution in [3.63, 3.8) is 0 Å². The summed E-state index contributed by atoms with van der Waals surface area (Å²) in [6.07, 6.45) is 6.83. The number of hydrogen-bond acceptors (Lipinski definition) is 11. The van der Waals surface area contributed by atoms with Crippen molar-refractivity contribution >= 4 is 11.9 Å². The van der Waals surface area contributed by atoms with Crippen molar-refractivity contribution in [1.82, 2.24) is 0 Å². The Labute approximate surface area is 391 Å². The molecule has 0 N–H and O–H groups in total. The molecule has 6 rings (SSSR count). The van der Waals surface area contributed by atoms with Crippen molar-refractivity contribution in [2.45, 2.75) is 64.5 Å². The molecule has 2 aliphatic heterocycles. The first-order valence-electron chi connectivity index (χ1n) is 22.8. The third-order valence-corrected chi connectivity index (χ3v) is 13.8. The van der Waals surface area contributed by atoms with Crippen LogP contribution >= 0.6 is 0 Å². The lowest BCUT2D eigenvalue weighted by atomic mass is 9.84. The molecule has 0 fully saturated rings. The lowest BCUT2D eigenvalue weighted by molar-refractivity contribution is -0.941. The quantitative estimate of drug-likeness (QED) is 0.0350. The summed E-state index contributed by atoms with van der Waals surface area (Å²) < 4.78 is 52.7. The molecule has 4 unspecified atom stereocenters.